The summed E-state index contributed by atoms with van der Waals surface area (Å²) in [4.78, 5) is 6.46. The zero-order valence-corrected chi connectivity index (χ0v) is 14.4. The van der Waals surface area contributed by atoms with Crippen molar-refractivity contribution in [3.8, 4) is 0 Å². The Hall–Kier alpha value is -2.09. The van der Waals surface area contributed by atoms with Crippen molar-refractivity contribution in [1.82, 2.24) is 14.9 Å². The van der Waals surface area contributed by atoms with E-state index in [2.05, 4.69) is 15.0 Å². The number of halogens is 1. The maximum absolute atomic E-state index is 12.3. The third kappa shape index (κ3) is 4.05. The highest BCUT2D eigenvalue weighted by Crippen LogP contribution is 2.17. The van der Waals surface area contributed by atoms with Crippen LogP contribution in [-0.2, 0) is 16.6 Å². The average Bonchev–Trinajstić information content (AvgIpc) is 2.59. The first-order valence-corrected chi connectivity index (χ1v) is 9.23. The van der Waals surface area contributed by atoms with Gasteiger partial charge >= 0.3 is 0 Å². The summed E-state index contributed by atoms with van der Waals surface area (Å²) in [5, 5.41) is 3.68. The van der Waals surface area contributed by atoms with Gasteiger partial charge in [-0.15, -0.1) is 0 Å². The van der Waals surface area contributed by atoms with Gasteiger partial charge in [0.2, 0.25) is 5.96 Å². The van der Waals surface area contributed by atoms with Crippen molar-refractivity contribution in [3.05, 3.63) is 65.2 Å². The summed E-state index contributed by atoms with van der Waals surface area (Å²) in [6, 6.07) is 15.8. The highest BCUT2D eigenvalue weighted by molar-refractivity contribution is 7.90. The Labute approximate surface area is 146 Å². The average molecular weight is 365 g/mol. The molecule has 0 atom stereocenters. The van der Waals surface area contributed by atoms with Gasteiger partial charge in [-0.05, 0) is 23.8 Å². The molecule has 0 bridgehead atoms. The molecule has 0 aromatic heterocycles. The monoisotopic (exact) mass is 364 g/mol. The zero-order valence-electron chi connectivity index (χ0n) is 12.8. The molecule has 0 amide bonds. The fourth-order valence-electron chi connectivity index (χ4n) is 2.29. The Morgan fingerprint density at radius 1 is 1.12 bits per heavy atom. The van der Waals surface area contributed by atoms with Crippen LogP contribution in [0.5, 0.6) is 0 Å². The highest BCUT2D eigenvalue weighted by Gasteiger charge is 2.19. The number of benzene rings is 2. The predicted molar refractivity (Wildman–Crippen MR) is 94.1 cm³/mol. The van der Waals surface area contributed by atoms with E-state index >= 15 is 0 Å². The quantitative estimate of drug-likeness (QED) is 0.870. The van der Waals surface area contributed by atoms with Crippen molar-refractivity contribution in [2.75, 3.05) is 13.3 Å². The number of rotatable bonds is 4. The van der Waals surface area contributed by atoms with Crippen molar-refractivity contribution in [1.29, 1.82) is 0 Å². The lowest BCUT2D eigenvalue weighted by Gasteiger charge is -2.27. The lowest BCUT2D eigenvalue weighted by Crippen LogP contribution is -2.49. The van der Waals surface area contributed by atoms with Crippen LogP contribution in [0, 0.1) is 0 Å². The molecule has 126 valence electrons. The van der Waals surface area contributed by atoms with Crippen molar-refractivity contribution in [2.45, 2.75) is 11.4 Å². The van der Waals surface area contributed by atoms with Gasteiger partial charge in [-0.1, -0.05) is 48.0 Å². The summed E-state index contributed by atoms with van der Waals surface area (Å²) in [5.74, 6) is 0.245. The topological polar surface area (TPSA) is 73.8 Å². The Morgan fingerprint density at radius 2 is 1.83 bits per heavy atom. The Morgan fingerprint density at radius 3 is 2.50 bits per heavy atom. The van der Waals surface area contributed by atoms with Crippen LogP contribution in [0.4, 0.5) is 0 Å². The van der Waals surface area contributed by atoms with E-state index in [1.807, 2.05) is 29.2 Å². The minimum absolute atomic E-state index is 0.202. The molecule has 0 spiro atoms. The molecule has 0 unspecified atom stereocenters. The minimum atomic E-state index is -3.63. The molecule has 1 heterocycles. The first kappa shape index (κ1) is 16.8. The third-order valence-corrected chi connectivity index (χ3v) is 5.26. The van der Waals surface area contributed by atoms with Gasteiger partial charge in [-0.2, -0.15) is 0 Å². The van der Waals surface area contributed by atoms with Crippen molar-refractivity contribution >= 4 is 27.6 Å². The fourth-order valence-corrected chi connectivity index (χ4v) is 3.51. The number of aliphatic imine (C=N–C) groups is 1. The number of guanidine groups is 1. The molecule has 0 radical (unpaired) electrons. The van der Waals surface area contributed by atoms with E-state index in [1.54, 1.807) is 18.2 Å². The molecule has 0 saturated carbocycles. The number of nitrogens with zero attached hydrogens (tertiary/aromatic N) is 2. The highest BCUT2D eigenvalue weighted by atomic mass is 35.5. The van der Waals surface area contributed by atoms with Crippen LogP contribution < -0.4 is 10.0 Å². The van der Waals surface area contributed by atoms with Crippen LogP contribution in [-0.4, -0.2) is 32.6 Å². The Bertz CT molecular complexity index is 840. The van der Waals surface area contributed by atoms with E-state index in [0.717, 1.165) is 5.56 Å². The van der Waals surface area contributed by atoms with Gasteiger partial charge in [0, 0.05) is 11.6 Å². The Kier molecular flexibility index (Phi) is 5.03. The molecule has 0 aliphatic carbocycles. The number of sulfonamides is 1. The second-order valence-electron chi connectivity index (χ2n) is 5.32. The van der Waals surface area contributed by atoms with Crippen LogP contribution in [0.1, 0.15) is 5.56 Å². The summed E-state index contributed by atoms with van der Waals surface area (Å²) >= 11 is 6.15. The molecule has 2 aromatic carbocycles. The maximum atomic E-state index is 12.3. The van der Waals surface area contributed by atoms with E-state index in [1.165, 1.54) is 12.1 Å². The molecular formula is C16H17ClN4O2S. The van der Waals surface area contributed by atoms with E-state index < -0.39 is 10.0 Å². The molecule has 1 aliphatic heterocycles. The van der Waals surface area contributed by atoms with Crippen LogP contribution in [0.25, 0.3) is 0 Å². The van der Waals surface area contributed by atoms with Gasteiger partial charge < -0.3 is 5.32 Å². The van der Waals surface area contributed by atoms with E-state index in [-0.39, 0.29) is 10.9 Å². The molecule has 8 heteroatoms. The largest absolute Gasteiger partial charge is 0.343 e. The standard InChI is InChI=1S/C16H17ClN4O2S/c17-15-9-5-4-6-13(15)10-21-11-18-16(19-12-21)20-24(22,23)14-7-2-1-3-8-14/h1-9H,10-12H2,(H2,18,19,20). The van der Waals surface area contributed by atoms with Crippen molar-refractivity contribution in [2.24, 2.45) is 4.99 Å². The minimum Gasteiger partial charge on any atom is -0.343 e. The predicted octanol–water partition coefficient (Wildman–Crippen LogP) is 1.99. The first-order valence-electron chi connectivity index (χ1n) is 7.36. The number of hydrogen-bond acceptors (Lipinski definition) is 5. The zero-order chi connectivity index (χ0) is 17.0. The smallest absolute Gasteiger partial charge is 0.264 e. The molecule has 2 aromatic rings. The van der Waals surface area contributed by atoms with Crippen LogP contribution in [0.2, 0.25) is 5.02 Å². The lowest BCUT2D eigenvalue weighted by molar-refractivity contribution is 0.255. The van der Waals surface area contributed by atoms with Gasteiger partial charge in [0.15, 0.2) is 0 Å². The molecule has 2 N–H and O–H groups in total. The van der Waals surface area contributed by atoms with E-state index in [0.29, 0.717) is 24.9 Å². The normalized spacial score (nSPS) is 15.5. The second-order valence-corrected chi connectivity index (χ2v) is 7.41. The van der Waals surface area contributed by atoms with Crippen molar-refractivity contribution < 1.29 is 8.42 Å². The third-order valence-electron chi connectivity index (χ3n) is 3.54. The maximum Gasteiger partial charge on any atom is 0.264 e. The molecule has 6 nitrogen and oxygen atoms in total. The second kappa shape index (κ2) is 7.21. The van der Waals surface area contributed by atoms with Crippen molar-refractivity contribution in [3.63, 3.8) is 0 Å². The SMILES string of the molecule is O=S(=O)(NC1=NCN(Cc2ccccc2Cl)CN1)c1ccccc1. The summed E-state index contributed by atoms with van der Waals surface area (Å²) in [5.41, 5.74) is 1.00. The molecule has 0 fully saturated rings. The molecule has 3 rings (SSSR count). The fraction of sp³-hybridized carbons (Fsp3) is 0.188. The lowest BCUT2D eigenvalue weighted by atomic mass is 10.2. The summed E-state index contributed by atoms with van der Waals surface area (Å²) in [6.45, 7) is 1.49. The summed E-state index contributed by atoms with van der Waals surface area (Å²) in [6.07, 6.45) is 0. The van der Waals surface area contributed by atoms with Gasteiger partial charge in [0.05, 0.1) is 18.2 Å². The van der Waals surface area contributed by atoms with E-state index in [9.17, 15) is 8.42 Å². The van der Waals surface area contributed by atoms with Crippen LogP contribution >= 0.6 is 11.6 Å². The number of hydrogen-bond donors (Lipinski definition) is 2. The molecule has 24 heavy (non-hydrogen) atoms. The van der Waals surface area contributed by atoms with Gasteiger partial charge in [0.25, 0.3) is 10.0 Å². The summed E-state index contributed by atoms with van der Waals surface area (Å²) in [7, 11) is -3.63. The summed E-state index contributed by atoms with van der Waals surface area (Å²) < 4.78 is 27.0. The molecule has 0 saturated heterocycles. The van der Waals surface area contributed by atoms with Crippen LogP contribution in [0.15, 0.2) is 64.5 Å². The van der Waals surface area contributed by atoms with Crippen LogP contribution in [0.3, 0.4) is 0 Å². The van der Waals surface area contributed by atoms with Gasteiger partial charge in [-0.25, -0.2) is 18.1 Å². The number of nitrogens with one attached hydrogen (secondary N) is 2. The van der Waals surface area contributed by atoms with E-state index in [4.69, 9.17) is 11.6 Å². The van der Waals surface area contributed by atoms with Gasteiger partial charge in [0.1, 0.15) is 0 Å². The first-order chi connectivity index (χ1) is 11.5. The van der Waals surface area contributed by atoms with Gasteiger partial charge in [-0.3, -0.25) is 4.90 Å². The molecular weight excluding hydrogens is 348 g/mol. The Balaban J connectivity index is 1.63. The molecule has 1 aliphatic rings.